The molecule has 3 nitrogen and oxygen atoms in total. The van der Waals surface area contributed by atoms with Crippen LogP contribution in [0.3, 0.4) is 0 Å². The number of hydrogen-bond acceptors (Lipinski definition) is 2. The van der Waals surface area contributed by atoms with E-state index in [1.54, 1.807) is 7.11 Å². The van der Waals surface area contributed by atoms with Crippen molar-refractivity contribution in [1.29, 1.82) is 0 Å². The van der Waals surface area contributed by atoms with Crippen LogP contribution in [0.1, 0.15) is 36.8 Å². The fourth-order valence-corrected chi connectivity index (χ4v) is 3.87. The number of nitrogens with zero attached hydrogens (tertiary/aromatic N) is 1. The van der Waals surface area contributed by atoms with Gasteiger partial charge in [-0.2, -0.15) is 0 Å². The highest BCUT2D eigenvalue weighted by Gasteiger charge is 2.44. The van der Waals surface area contributed by atoms with Crippen LogP contribution in [-0.4, -0.2) is 30.1 Å². The van der Waals surface area contributed by atoms with Crippen LogP contribution in [0.4, 0.5) is 0 Å². The number of piperidine rings is 1. The summed E-state index contributed by atoms with van der Waals surface area (Å²) in [6.45, 7) is 5.63. The highest BCUT2D eigenvalue weighted by Crippen LogP contribution is 2.53. The number of aryl methyl sites for hydroxylation is 1. The van der Waals surface area contributed by atoms with E-state index in [9.17, 15) is 0 Å². The fraction of sp³-hybridized carbons (Fsp3) is 0.556. The minimum atomic E-state index is 0.747. The van der Waals surface area contributed by atoms with Gasteiger partial charge in [-0.05, 0) is 68.8 Å². The van der Waals surface area contributed by atoms with E-state index in [1.165, 1.54) is 60.8 Å². The van der Waals surface area contributed by atoms with Crippen LogP contribution in [0.2, 0.25) is 0 Å². The second kappa shape index (κ2) is 4.77. The van der Waals surface area contributed by atoms with Crippen LogP contribution in [0.5, 0.6) is 5.75 Å². The highest BCUT2D eigenvalue weighted by atomic mass is 16.5. The number of methoxy groups -OCH3 is 1. The van der Waals surface area contributed by atoms with Crippen molar-refractivity contribution in [2.45, 2.75) is 39.2 Å². The van der Waals surface area contributed by atoms with Crippen LogP contribution in [0.25, 0.3) is 10.9 Å². The van der Waals surface area contributed by atoms with E-state index in [1.807, 2.05) is 6.20 Å². The monoisotopic (exact) mass is 284 g/mol. The van der Waals surface area contributed by atoms with Crippen molar-refractivity contribution in [3.05, 3.63) is 29.5 Å². The molecule has 0 unspecified atom stereocenters. The van der Waals surface area contributed by atoms with Gasteiger partial charge in [0.2, 0.25) is 0 Å². The van der Waals surface area contributed by atoms with E-state index in [0.29, 0.717) is 0 Å². The molecule has 2 aliphatic rings. The summed E-state index contributed by atoms with van der Waals surface area (Å²) in [4.78, 5) is 5.97. The molecule has 2 aromatic rings. The second-order valence-corrected chi connectivity index (χ2v) is 6.92. The Kier molecular flexibility index (Phi) is 3.00. The first-order valence-corrected chi connectivity index (χ1v) is 8.07. The molecule has 4 rings (SSSR count). The molecular formula is C18H24N2O. The van der Waals surface area contributed by atoms with Crippen molar-refractivity contribution < 1.29 is 4.74 Å². The molecular weight excluding hydrogens is 260 g/mol. The first kappa shape index (κ1) is 13.2. The summed E-state index contributed by atoms with van der Waals surface area (Å²) in [6.07, 6.45) is 7.75. The predicted molar refractivity (Wildman–Crippen MR) is 85.8 cm³/mol. The molecule has 0 radical (unpaired) electrons. The van der Waals surface area contributed by atoms with E-state index in [2.05, 4.69) is 28.9 Å². The highest BCUT2D eigenvalue weighted by molar-refractivity contribution is 5.88. The molecule has 2 fully saturated rings. The Balaban J connectivity index is 1.63. The van der Waals surface area contributed by atoms with Crippen molar-refractivity contribution in [1.82, 2.24) is 9.88 Å². The first-order valence-electron chi connectivity index (χ1n) is 8.07. The number of aromatic amines is 1. The minimum Gasteiger partial charge on any atom is -0.496 e. The van der Waals surface area contributed by atoms with Gasteiger partial charge in [0.1, 0.15) is 5.75 Å². The second-order valence-electron chi connectivity index (χ2n) is 6.92. The number of hydrogen-bond donors (Lipinski definition) is 1. The Morgan fingerprint density at radius 2 is 2.00 bits per heavy atom. The normalized spacial score (nSPS) is 21.0. The molecule has 0 atom stereocenters. The van der Waals surface area contributed by atoms with Crippen LogP contribution >= 0.6 is 0 Å². The summed E-state index contributed by atoms with van der Waals surface area (Å²) in [5.41, 5.74) is 4.59. The number of rotatable bonds is 3. The molecule has 1 saturated heterocycles. The van der Waals surface area contributed by atoms with Gasteiger partial charge in [-0.25, -0.2) is 0 Å². The Labute approximate surface area is 126 Å². The lowest BCUT2D eigenvalue weighted by molar-refractivity contribution is 0.165. The number of nitrogens with one attached hydrogen (secondary N) is 1. The molecule has 3 heteroatoms. The lowest BCUT2D eigenvalue weighted by Gasteiger charge is -2.32. The number of fused-ring (bicyclic) bond motifs is 1. The smallest absolute Gasteiger partial charge is 0.124 e. The number of ether oxygens (including phenoxy) is 1. The van der Waals surface area contributed by atoms with Gasteiger partial charge in [0.25, 0.3) is 0 Å². The summed E-state index contributed by atoms with van der Waals surface area (Å²) >= 11 is 0. The van der Waals surface area contributed by atoms with E-state index in [4.69, 9.17) is 4.74 Å². The largest absolute Gasteiger partial charge is 0.496 e. The van der Waals surface area contributed by atoms with Gasteiger partial charge in [-0.15, -0.1) is 0 Å². The number of benzene rings is 1. The number of H-pyrrole nitrogens is 1. The Bertz CT molecular complexity index is 659. The maximum absolute atomic E-state index is 5.66. The molecule has 1 N–H and O–H groups in total. The SMILES string of the molecule is COc1cc(C)c2[nH]ccc2c1CN1CCC2(CC1)CC2. The molecule has 1 aliphatic heterocycles. The Morgan fingerprint density at radius 3 is 2.67 bits per heavy atom. The van der Waals surface area contributed by atoms with Gasteiger partial charge >= 0.3 is 0 Å². The molecule has 112 valence electrons. The van der Waals surface area contributed by atoms with Crippen LogP contribution < -0.4 is 4.74 Å². The Hall–Kier alpha value is -1.48. The molecule has 1 aliphatic carbocycles. The fourth-order valence-electron chi connectivity index (χ4n) is 3.87. The van der Waals surface area contributed by atoms with Crippen LogP contribution in [0.15, 0.2) is 18.3 Å². The van der Waals surface area contributed by atoms with Crippen LogP contribution in [0, 0.1) is 12.3 Å². The summed E-state index contributed by atoms with van der Waals surface area (Å²) in [5.74, 6) is 1.03. The van der Waals surface area contributed by atoms with Gasteiger partial charge in [0, 0.05) is 29.2 Å². The minimum absolute atomic E-state index is 0.747. The molecule has 0 amide bonds. The molecule has 1 spiro atoms. The van der Waals surface area contributed by atoms with E-state index in [0.717, 1.165) is 17.7 Å². The molecule has 0 bridgehead atoms. The summed E-state index contributed by atoms with van der Waals surface area (Å²) in [5, 5.41) is 1.32. The molecule has 1 saturated carbocycles. The standard InChI is InChI=1S/C18H24N2O/c1-13-11-16(21-2)15(14-3-8-19-17(13)14)12-20-9-6-18(4-5-18)7-10-20/h3,8,11,19H,4-7,9-10,12H2,1-2H3. The van der Waals surface area contributed by atoms with Gasteiger partial charge in [0.15, 0.2) is 0 Å². The molecule has 1 aromatic carbocycles. The summed E-state index contributed by atoms with van der Waals surface area (Å²) in [6, 6.07) is 4.35. The van der Waals surface area contributed by atoms with E-state index in [-0.39, 0.29) is 0 Å². The average Bonchev–Trinajstić information content (AvgIpc) is 3.06. The van der Waals surface area contributed by atoms with Crippen molar-refractivity contribution in [3.63, 3.8) is 0 Å². The lowest BCUT2D eigenvalue weighted by atomic mass is 9.93. The molecule has 2 heterocycles. The van der Waals surface area contributed by atoms with E-state index >= 15 is 0 Å². The van der Waals surface area contributed by atoms with Gasteiger partial charge < -0.3 is 9.72 Å². The summed E-state index contributed by atoms with van der Waals surface area (Å²) in [7, 11) is 1.78. The number of aromatic nitrogens is 1. The first-order chi connectivity index (χ1) is 10.2. The van der Waals surface area contributed by atoms with Gasteiger partial charge in [-0.3, -0.25) is 4.90 Å². The predicted octanol–water partition coefficient (Wildman–Crippen LogP) is 3.86. The zero-order valence-corrected chi connectivity index (χ0v) is 13.0. The van der Waals surface area contributed by atoms with Gasteiger partial charge in [-0.1, -0.05) is 0 Å². The van der Waals surface area contributed by atoms with Crippen molar-refractivity contribution in [3.8, 4) is 5.75 Å². The summed E-state index contributed by atoms with van der Waals surface area (Å²) < 4.78 is 5.66. The molecule has 21 heavy (non-hydrogen) atoms. The number of likely N-dealkylation sites (tertiary alicyclic amines) is 1. The third-order valence-corrected chi connectivity index (χ3v) is 5.59. The average molecular weight is 284 g/mol. The van der Waals surface area contributed by atoms with Crippen molar-refractivity contribution in [2.75, 3.05) is 20.2 Å². The zero-order chi connectivity index (χ0) is 14.4. The van der Waals surface area contributed by atoms with Crippen molar-refractivity contribution >= 4 is 10.9 Å². The lowest BCUT2D eigenvalue weighted by Crippen LogP contribution is -2.34. The molecule has 1 aromatic heterocycles. The van der Waals surface area contributed by atoms with Crippen LogP contribution in [-0.2, 0) is 6.54 Å². The van der Waals surface area contributed by atoms with E-state index < -0.39 is 0 Å². The maximum Gasteiger partial charge on any atom is 0.124 e. The van der Waals surface area contributed by atoms with Crippen molar-refractivity contribution in [2.24, 2.45) is 5.41 Å². The topological polar surface area (TPSA) is 28.3 Å². The third-order valence-electron chi connectivity index (χ3n) is 5.59. The zero-order valence-electron chi connectivity index (χ0n) is 13.0. The quantitative estimate of drug-likeness (QED) is 0.927. The van der Waals surface area contributed by atoms with Gasteiger partial charge in [0.05, 0.1) is 7.11 Å². The maximum atomic E-state index is 5.66. The third kappa shape index (κ3) is 2.24. The Morgan fingerprint density at radius 1 is 1.24 bits per heavy atom.